The van der Waals surface area contributed by atoms with Gasteiger partial charge in [0.05, 0.1) is 30.5 Å². The largest absolute Gasteiger partial charge is 0.394 e. The van der Waals surface area contributed by atoms with Gasteiger partial charge in [0, 0.05) is 6.04 Å². The van der Waals surface area contributed by atoms with Crippen LogP contribution in [0.4, 0.5) is 0 Å². The summed E-state index contributed by atoms with van der Waals surface area (Å²) in [6, 6.07) is -0.426. The van der Waals surface area contributed by atoms with E-state index in [1.165, 1.54) is 0 Å². The number of nitrogens with one attached hydrogen (secondary N) is 1. The maximum atomic E-state index is 9.84. The first-order valence-electron chi connectivity index (χ1n) is 5.12. The molecule has 15 heavy (non-hydrogen) atoms. The van der Waals surface area contributed by atoms with Crippen LogP contribution in [0.5, 0.6) is 0 Å². The standard InChI is InChI=1S/C9H17NO5/c11-3-6(13)9-2-4(12)1-5(10-9)7(14)8(9)15/h4-8,10-15H,1-3H2/t4-,5+,6?,7+,8+,9+/m0/s1. The number of hydrogen-bond acceptors (Lipinski definition) is 6. The molecule has 0 aromatic rings. The molecule has 88 valence electrons. The van der Waals surface area contributed by atoms with Crippen LogP contribution in [0, 0.1) is 0 Å². The Labute approximate surface area is 87.2 Å². The Morgan fingerprint density at radius 1 is 1.33 bits per heavy atom. The highest BCUT2D eigenvalue weighted by atomic mass is 16.4. The molecule has 0 spiro atoms. The molecule has 2 bridgehead atoms. The molecule has 0 saturated carbocycles. The molecule has 6 atom stereocenters. The molecule has 0 aromatic heterocycles. The van der Waals surface area contributed by atoms with Crippen LogP contribution in [0.1, 0.15) is 12.8 Å². The van der Waals surface area contributed by atoms with Crippen molar-refractivity contribution in [2.75, 3.05) is 6.61 Å². The fourth-order valence-corrected chi connectivity index (χ4v) is 2.78. The van der Waals surface area contributed by atoms with Crippen molar-refractivity contribution in [3.63, 3.8) is 0 Å². The molecule has 6 N–H and O–H groups in total. The van der Waals surface area contributed by atoms with Crippen molar-refractivity contribution in [1.82, 2.24) is 5.32 Å². The number of aliphatic hydroxyl groups excluding tert-OH is 5. The summed E-state index contributed by atoms with van der Waals surface area (Å²) < 4.78 is 0. The summed E-state index contributed by atoms with van der Waals surface area (Å²) in [7, 11) is 0. The Morgan fingerprint density at radius 3 is 2.60 bits per heavy atom. The molecule has 2 aliphatic heterocycles. The van der Waals surface area contributed by atoms with Gasteiger partial charge in [0.15, 0.2) is 0 Å². The summed E-state index contributed by atoms with van der Waals surface area (Å²) in [5, 5.41) is 50.6. The summed E-state index contributed by atoms with van der Waals surface area (Å²) in [5.74, 6) is 0. The fraction of sp³-hybridized carbons (Fsp3) is 1.00. The lowest BCUT2D eigenvalue weighted by atomic mass is 9.82. The molecule has 0 aromatic carbocycles. The van der Waals surface area contributed by atoms with Gasteiger partial charge in [-0.25, -0.2) is 0 Å². The van der Waals surface area contributed by atoms with Crippen molar-refractivity contribution in [3.8, 4) is 0 Å². The van der Waals surface area contributed by atoms with Crippen molar-refractivity contribution >= 4 is 0 Å². The van der Waals surface area contributed by atoms with Gasteiger partial charge in [0.25, 0.3) is 0 Å². The molecule has 1 unspecified atom stereocenters. The molecule has 6 heteroatoms. The van der Waals surface area contributed by atoms with E-state index in [4.69, 9.17) is 5.11 Å². The van der Waals surface area contributed by atoms with E-state index in [1.54, 1.807) is 0 Å². The minimum absolute atomic E-state index is 0.128. The van der Waals surface area contributed by atoms with Gasteiger partial charge in [-0.3, -0.25) is 0 Å². The number of piperidine rings is 1. The van der Waals surface area contributed by atoms with Crippen LogP contribution >= 0.6 is 0 Å². The quantitative estimate of drug-likeness (QED) is 0.294. The highest BCUT2D eigenvalue weighted by Crippen LogP contribution is 2.38. The SMILES string of the molecule is OCC(O)[C@@]12C[C@@H](O)C[C@@H](N1)[C@@H](O)[C@H]2O. The lowest BCUT2D eigenvalue weighted by molar-refractivity contribution is -0.0746. The average Bonchev–Trinajstić information content (AvgIpc) is 2.40. The van der Waals surface area contributed by atoms with Crippen molar-refractivity contribution in [2.24, 2.45) is 0 Å². The van der Waals surface area contributed by atoms with E-state index in [9.17, 15) is 20.4 Å². The number of hydrogen-bond donors (Lipinski definition) is 6. The van der Waals surface area contributed by atoms with E-state index in [0.29, 0.717) is 6.42 Å². The van der Waals surface area contributed by atoms with E-state index in [0.717, 1.165) is 0 Å². The summed E-state index contributed by atoms with van der Waals surface area (Å²) in [4.78, 5) is 0. The van der Waals surface area contributed by atoms with Crippen LogP contribution < -0.4 is 5.32 Å². The molecule has 2 saturated heterocycles. The molecule has 2 fully saturated rings. The molecule has 0 amide bonds. The van der Waals surface area contributed by atoms with Crippen LogP contribution in [0.3, 0.4) is 0 Å². The minimum atomic E-state index is -1.19. The summed E-state index contributed by atoms with van der Waals surface area (Å²) in [6.07, 6.45) is -3.57. The third-order valence-corrected chi connectivity index (χ3v) is 3.58. The van der Waals surface area contributed by atoms with Gasteiger partial charge in [0.2, 0.25) is 0 Å². The zero-order chi connectivity index (χ0) is 11.2. The maximum Gasteiger partial charge on any atom is 0.102 e. The first kappa shape index (κ1) is 11.3. The van der Waals surface area contributed by atoms with Crippen molar-refractivity contribution in [1.29, 1.82) is 0 Å². The van der Waals surface area contributed by atoms with Crippen molar-refractivity contribution < 1.29 is 25.5 Å². The second-order valence-electron chi connectivity index (χ2n) is 4.52. The summed E-state index contributed by atoms with van der Waals surface area (Å²) in [5.41, 5.74) is -1.18. The highest BCUT2D eigenvalue weighted by molar-refractivity contribution is 5.16. The Kier molecular flexibility index (Phi) is 2.74. The zero-order valence-corrected chi connectivity index (χ0v) is 8.24. The normalized spacial score (nSPS) is 51.8. The Balaban J connectivity index is 2.28. The van der Waals surface area contributed by atoms with Crippen LogP contribution in [-0.2, 0) is 0 Å². The van der Waals surface area contributed by atoms with Gasteiger partial charge >= 0.3 is 0 Å². The van der Waals surface area contributed by atoms with Gasteiger partial charge in [0.1, 0.15) is 6.10 Å². The Bertz CT molecular complexity index is 247. The number of aliphatic hydroxyl groups is 5. The Morgan fingerprint density at radius 2 is 2.00 bits per heavy atom. The van der Waals surface area contributed by atoms with E-state index in [2.05, 4.69) is 5.32 Å². The molecule has 2 aliphatic rings. The third kappa shape index (κ3) is 1.49. The molecule has 0 radical (unpaired) electrons. The van der Waals surface area contributed by atoms with Gasteiger partial charge in [-0.1, -0.05) is 0 Å². The van der Waals surface area contributed by atoms with E-state index in [-0.39, 0.29) is 6.42 Å². The van der Waals surface area contributed by atoms with Gasteiger partial charge in [-0.2, -0.15) is 0 Å². The van der Waals surface area contributed by atoms with Crippen LogP contribution in [-0.4, -0.2) is 68.1 Å². The second-order valence-corrected chi connectivity index (χ2v) is 4.52. The second kappa shape index (κ2) is 3.65. The van der Waals surface area contributed by atoms with Crippen LogP contribution in [0.15, 0.2) is 0 Å². The average molecular weight is 219 g/mol. The highest BCUT2D eigenvalue weighted by Gasteiger charge is 2.59. The molecule has 0 aliphatic carbocycles. The topological polar surface area (TPSA) is 113 Å². The molecule has 6 nitrogen and oxygen atoms in total. The summed E-state index contributed by atoms with van der Waals surface area (Å²) >= 11 is 0. The van der Waals surface area contributed by atoms with Gasteiger partial charge < -0.3 is 30.8 Å². The predicted octanol–water partition coefficient (Wildman–Crippen LogP) is -3.07. The first-order chi connectivity index (χ1) is 7.01. The maximum absolute atomic E-state index is 9.84. The fourth-order valence-electron chi connectivity index (χ4n) is 2.78. The molecule has 2 heterocycles. The predicted molar refractivity (Wildman–Crippen MR) is 50.0 cm³/mol. The molecule has 2 rings (SSSR count). The van der Waals surface area contributed by atoms with Crippen LogP contribution in [0.2, 0.25) is 0 Å². The first-order valence-corrected chi connectivity index (χ1v) is 5.12. The van der Waals surface area contributed by atoms with Crippen molar-refractivity contribution in [2.45, 2.75) is 48.8 Å². The smallest absolute Gasteiger partial charge is 0.102 e. The number of fused-ring (bicyclic) bond motifs is 2. The van der Waals surface area contributed by atoms with E-state index >= 15 is 0 Å². The molecular weight excluding hydrogens is 202 g/mol. The van der Waals surface area contributed by atoms with Crippen LogP contribution in [0.25, 0.3) is 0 Å². The monoisotopic (exact) mass is 219 g/mol. The Hall–Kier alpha value is -0.240. The lowest BCUT2D eigenvalue weighted by Crippen LogP contribution is -2.63. The summed E-state index contributed by atoms with van der Waals surface area (Å²) in [6.45, 7) is -0.518. The van der Waals surface area contributed by atoms with Crippen molar-refractivity contribution in [3.05, 3.63) is 0 Å². The lowest BCUT2D eigenvalue weighted by Gasteiger charge is -2.41. The van der Waals surface area contributed by atoms with E-state index < -0.39 is 42.6 Å². The zero-order valence-electron chi connectivity index (χ0n) is 8.24. The van der Waals surface area contributed by atoms with Gasteiger partial charge in [-0.05, 0) is 12.8 Å². The minimum Gasteiger partial charge on any atom is -0.394 e. The van der Waals surface area contributed by atoms with E-state index in [1.807, 2.05) is 0 Å². The third-order valence-electron chi connectivity index (χ3n) is 3.58. The number of rotatable bonds is 2. The van der Waals surface area contributed by atoms with Gasteiger partial charge in [-0.15, -0.1) is 0 Å². The molecular formula is C9H17NO5.